The maximum absolute atomic E-state index is 11.3. The second-order valence-corrected chi connectivity index (χ2v) is 5.61. The molecule has 0 saturated carbocycles. The van der Waals surface area contributed by atoms with Gasteiger partial charge in [0.15, 0.2) is 0 Å². The van der Waals surface area contributed by atoms with Crippen LogP contribution in [-0.4, -0.2) is 51.9 Å². The molecule has 0 aliphatic carbocycles. The van der Waals surface area contributed by atoms with Crippen molar-refractivity contribution >= 4 is 34.7 Å². The summed E-state index contributed by atoms with van der Waals surface area (Å²) in [6.45, 7) is 3.52. The summed E-state index contributed by atoms with van der Waals surface area (Å²) in [7, 11) is 0. The molecule has 0 amide bonds. The molecule has 1 saturated heterocycles. The predicted octanol–water partition coefficient (Wildman–Crippen LogP) is 2.27. The Kier molecular flexibility index (Phi) is 4.08. The Morgan fingerprint density at radius 2 is 2.14 bits per heavy atom. The first kappa shape index (κ1) is 14.9. The van der Waals surface area contributed by atoms with E-state index in [2.05, 4.69) is 9.88 Å². The Morgan fingerprint density at radius 3 is 2.82 bits per heavy atom. The van der Waals surface area contributed by atoms with Crippen molar-refractivity contribution in [2.75, 3.05) is 32.0 Å². The summed E-state index contributed by atoms with van der Waals surface area (Å²) in [5, 5.41) is 9.44. The molecule has 2 aromatic rings. The molecule has 0 unspecified atom stereocenters. The van der Waals surface area contributed by atoms with Crippen molar-refractivity contribution in [2.24, 2.45) is 0 Å². The van der Waals surface area contributed by atoms with Gasteiger partial charge in [0.1, 0.15) is 22.9 Å². The van der Waals surface area contributed by atoms with Crippen LogP contribution < -0.4 is 10.5 Å². The lowest BCUT2D eigenvalue weighted by Crippen LogP contribution is -2.25. The number of hydrogen-bond acceptors (Lipinski definition) is 5. The minimum atomic E-state index is -1.23. The largest absolute Gasteiger partial charge is 0.491 e. The lowest BCUT2D eigenvalue weighted by molar-refractivity contribution is 0.198. The van der Waals surface area contributed by atoms with Crippen molar-refractivity contribution in [2.45, 2.75) is 12.8 Å². The first-order valence-electron chi connectivity index (χ1n) is 7.13. The molecule has 8 heteroatoms. The van der Waals surface area contributed by atoms with Gasteiger partial charge < -0.3 is 15.6 Å². The molecule has 1 fully saturated rings. The normalized spacial score (nSPS) is 15.5. The number of imidazole rings is 1. The van der Waals surface area contributed by atoms with Gasteiger partial charge in [-0.1, -0.05) is 11.6 Å². The van der Waals surface area contributed by atoms with Crippen molar-refractivity contribution in [1.29, 1.82) is 0 Å². The number of benzene rings is 1. The van der Waals surface area contributed by atoms with Crippen LogP contribution in [0.2, 0.25) is 5.02 Å². The highest BCUT2D eigenvalue weighted by molar-refractivity contribution is 6.37. The van der Waals surface area contributed by atoms with E-state index in [0.717, 1.165) is 24.2 Å². The number of halogens is 1. The maximum atomic E-state index is 11.3. The van der Waals surface area contributed by atoms with Crippen molar-refractivity contribution in [3.63, 3.8) is 0 Å². The molecule has 22 heavy (non-hydrogen) atoms. The number of nitrogens with two attached hydrogens (primary N) is 1. The zero-order valence-electron chi connectivity index (χ0n) is 12.0. The number of fused-ring (bicyclic) bond motifs is 1. The molecule has 0 spiro atoms. The smallest absolute Gasteiger partial charge is 0.418 e. The van der Waals surface area contributed by atoms with Crippen LogP contribution in [0.4, 0.5) is 10.7 Å². The van der Waals surface area contributed by atoms with E-state index in [9.17, 15) is 9.90 Å². The van der Waals surface area contributed by atoms with Gasteiger partial charge in [-0.2, -0.15) is 0 Å². The number of ether oxygens (including phenoxy) is 1. The Hall–Kier alpha value is -1.99. The molecule has 118 valence electrons. The minimum absolute atomic E-state index is 0.112. The molecule has 2 heterocycles. The first-order chi connectivity index (χ1) is 10.6. The van der Waals surface area contributed by atoms with Crippen molar-refractivity contribution in [3.8, 4) is 5.75 Å². The SMILES string of the molecule is Nc1nc2ccc(OCCN3CCCC3)c(Cl)c2n1C(=O)O. The average molecular weight is 325 g/mol. The molecular formula is C14H17ClN4O3. The number of nitrogen functional groups attached to an aromatic ring is 1. The van der Waals surface area contributed by atoms with E-state index in [0.29, 0.717) is 17.9 Å². The van der Waals surface area contributed by atoms with E-state index >= 15 is 0 Å². The second kappa shape index (κ2) is 6.02. The quantitative estimate of drug-likeness (QED) is 0.896. The highest BCUT2D eigenvalue weighted by Crippen LogP contribution is 2.34. The molecule has 1 aliphatic rings. The van der Waals surface area contributed by atoms with Gasteiger partial charge in [0.2, 0.25) is 5.95 Å². The summed E-state index contributed by atoms with van der Waals surface area (Å²) in [5.74, 6) is 0.328. The van der Waals surface area contributed by atoms with Gasteiger partial charge in [-0.25, -0.2) is 14.3 Å². The summed E-state index contributed by atoms with van der Waals surface area (Å²) < 4.78 is 6.57. The predicted molar refractivity (Wildman–Crippen MR) is 83.7 cm³/mol. The number of likely N-dealkylation sites (tertiary alicyclic amines) is 1. The molecule has 3 N–H and O–H groups in total. The van der Waals surface area contributed by atoms with Crippen LogP contribution in [0.1, 0.15) is 12.8 Å². The third-order valence-electron chi connectivity index (χ3n) is 3.80. The van der Waals surface area contributed by atoms with Crippen LogP contribution in [0.3, 0.4) is 0 Å². The number of carboxylic acid groups (broad SMARTS) is 1. The zero-order chi connectivity index (χ0) is 15.7. The zero-order valence-corrected chi connectivity index (χ0v) is 12.7. The summed E-state index contributed by atoms with van der Waals surface area (Å²) in [6.07, 6.45) is 1.23. The average Bonchev–Trinajstić information content (AvgIpc) is 3.08. The number of nitrogens with zero attached hydrogens (tertiary/aromatic N) is 3. The molecular weight excluding hydrogens is 308 g/mol. The fourth-order valence-electron chi connectivity index (χ4n) is 2.72. The van der Waals surface area contributed by atoms with Crippen LogP contribution in [0.25, 0.3) is 11.0 Å². The Balaban J connectivity index is 1.82. The topological polar surface area (TPSA) is 93.6 Å². The molecule has 1 aromatic carbocycles. The fourth-order valence-corrected chi connectivity index (χ4v) is 3.02. The standard InChI is InChI=1S/C14H17ClN4O3/c15-11-10(22-8-7-18-5-1-2-6-18)4-3-9-12(11)19(14(20)21)13(16)17-9/h3-4H,1-2,5-8H2,(H2,16,17)(H,20,21). The molecule has 0 atom stereocenters. The van der Waals surface area contributed by atoms with Crippen LogP contribution in [0.5, 0.6) is 5.75 Å². The molecule has 0 bridgehead atoms. The van der Waals surface area contributed by atoms with E-state index in [4.69, 9.17) is 22.1 Å². The summed E-state index contributed by atoms with van der Waals surface area (Å²) in [5.41, 5.74) is 6.30. The van der Waals surface area contributed by atoms with Crippen LogP contribution in [-0.2, 0) is 0 Å². The van der Waals surface area contributed by atoms with Gasteiger partial charge in [0.25, 0.3) is 0 Å². The minimum Gasteiger partial charge on any atom is -0.491 e. The first-order valence-corrected chi connectivity index (χ1v) is 7.50. The highest BCUT2D eigenvalue weighted by atomic mass is 35.5. The number of anilines is 1. The highest BCUT2D eigenvalue weighted by Gasteiger charge is 2.19. The van der Waals surface area contributed by atoms with E-state index in [-0.39, 0.29) is 16.5 Å². The molecule has 1 aromatic heterocycles. The van der Waals surface area contributed by atoms with Crippen LogP contribution in [0.15, 0.2) is 12.1 Å². The van der Waals surface area contributed by atoms with Crippen LogP contribution in [0, 0.1) is 0 Å². The molecule has 3 rings (SSSR count). The van der Waals surface area contributed by atoms with Gasteiger partial charge >= 0.3 is 6.09 Å². The molecule has 1 aliphatic heterocycles. The number of aromatic nitrogens is 2. The lowest BCUT2D eigenvalue weighted by atomic mass is 10.3. The molecule has 0 radical (unpaired) electrons. The van der Waals surface area contributed by atoms with E-state index in [1.165, 1.54) is 12.8 Å². The van der Waals surface area contributed by atoms with Crippen LogP contribution >= 0.6 is 11.6 Å². The monoisotopic (exact) mass is 324 g/mol. The third kappa shape index (κ3) is 2.69. The van der Waals surface area contributed by atoms with Crippen molar-refractivity contribution in [3.05, 3.63) is 17.2 Å². The Morgan fingerprint density at radius 1 is 1.41 bits per heavy atom. The van der Waals surface area contributed by atoms with Crippen molar-refractivity contribution in [1.82, 2.24) is 14.5 Å². The summed E-state index contributed by atoms with van der Waals surface area (Å²) in [6, 6.07) is 3.34. The van der Waals surface area contributed by atoms with Gasteiger partial charge in [-0.05, 0) is 38.1 Å². The van der Waals surface area contributed by atoms with Gasteiger partial charge in [0.05, 0.1) is 5.52 Å². The van der Waals surface area contributed by atoms with Gasteiger partial charge in [-0.3, -0.25) is 4.90 Å². The number of hydrogen-bond donors (Lipinski definition) is 2. The van der Waals surface area contributed by atoms with Gasteiger partial charge in [-0.15, -0.1) is 0 Å². The van der Waals surface area contributed by atoms with Crippen molar-refractivity contribution < 1.29 is 14.6 Å². The Bertz CT molecular complexity index is 710. The summed E-state index contributed by atoms with van der Waals surface area (Å²) in [4.78, 5) is 17.6. The lowest BCUT2D eigenvalue weighted by Gasteiger charge is -2.15. The van der Waals surface area contributed by atoms with Gasteiger partial charge in [0, 0.05) is 6.54 Å². The number of carbonyl (C=O) groups is 1. The van der Waals surface area contributed by atoms with E-state index < -0.39 is 6.09 Å². The van der Waals surface area contributed by atoms with E-state index in [1.807, 2.05) is 0 Å². The maximum Gasteiger partial charge on any atom is 0.418 e. The van der Waals surface area contributed by atoms with E-state index in [1.54, 1.807) is 12.1 Å². The molecule has 7 nitrogen and oxygen atoms in total. The Labute approximate surface area is 132 Å². The third-order valence-corrected chi connectivity index (χ3v) is 4.17. The fraction of sp³-hybridized carbons (Fsp3) is 0.429. The number of rotatable bonds is 4. The second-order valence-electron chi connectivity index (χ2n) is 5.23. The summed E-state index contributed by atoms with van der Waals surface area (Å²) >= 11 is 6.28.